The van der Waals surface area contributed by atoms with Crippen LogP contribution in [0.5, 0.6) is 0 Å². The van der Waals surface area contributed by atoms with Gasteiger partial charge in [0.25, 0.3) is 0 Å². The minimum absolute atomic E-state index is 0.326. The molecule has 2 aromatic heterocycles. The van der Waals surface area contributed by atoms with Gasteiger partial charge in [0, 0.05) is 6.42 Å². The monoisotopic (exact) mass is 269 g/mol. The van der Waals surface area contributed by atoms with E-state index in [1.165, 1.54) is 5.56 Å². The van der Waals surface area contributed by atoms with Gasteiger partial charge in [-0.2, -0.15) is 0 Å². The van der Waals surface area contributed by atoms with Crippen LogP contribution in [0.25, 0.3) is 11.2 Å². The summed E-state index contributed by atoms with van der Waals surface area (Å²) in [6.07, 6.45) is 2.07. The Bertz CT molecular complexity index is 749. The number of hydrogen-bond acceptors (Lipinski definition) is 2. The van der Waals surface area contributed by atoms with Gasteiger partial charge in [0.05, 0.1) is 6.04 Å². The van der Waals surface area contributed by atoms with Crippen molar-refractivity contribution in [2.75, 3.05) is 0 Å². The lowest BCUT2D eigenvalue weighted by Crippen LogP contribution is -2.06. The summed E-state index contributed by atoms with van der Waals surface area (Å²) in [5.74, 6) is 1.11. The normalized spacial score (nSPS) is 17.8. The second-order valence-corrected chi connectivity index (χ2v) is 5.23. The Labute approximate surface area is 115 Å². The molecule has 4 rings (SSSR count). The molecular weight excluding hydrogens is 258 g/mol. The molecule has 1 aromatic carbocycles. The van der Waals surface area contributed by atoms with Gasteiger partial charge in [-0.1, -0.05) is 41.9 Å². The van der Waals surface area contributed by atoms with Crippen molar-refractivity contribution in [1.29, 1.82) is 0 Å². The smallest absolute Gasteiger partial charge is 0.162 e. The van der Waals surface area contributed by atoms with E-state index in [2.05, 4.69) is 38.8 Å². The summed E-state index contributed by atoms with van der Waals surface area (Å²) in [7, 11) is 0. The van der Waals surface area contributed by atoms with Gasteiger partial charge in [-0.15, -0.1) is 0 Å². The highest BCUT2D eigenvalue weighted by Crippen LogP contribution is 2.34. The van der Waals surface area contributed by atoms with Crippen molar-refractivity contribution in [3.63, 3.8) is 0 Å². The third kappa shape index (κ3) is 1.65. The molecule has 94 valence electrons. The molecule has 0 N–H and O–H groups in total. The standard InChI is InChI=1S/C15H12ClN3/c16-13-8-6-11-15(18-13)19-12(7-9-14(19)17-11)10-4-2-1-3-5-10/h1-6,8,12H,7,9H2/t12-/m1/s1. The fourth-order valence-corrected chi connectivity index (χ4v) is 3.03. The zero-order chi connectivity index (χ0) is 12.8. The summed E-state index contributed by atoms with van der Waals surface area (Å²) in [5.41, 5.74) is 3.14. The predicted octanol–water partition coefficient (Wildman–Crippen LogP) is 3.62. The van der Waals surface area contributed by atoms with E-state index in [9.17, 15) is 0 Å². The van der Waals surface area contributed by atoms with Gasteiger partial charge in [0.1, 0.15) is 16.5 Å². The van der Waals surface area contributed by atoms with Crippen molar-refractivity contribution in [1.82, 2.24) is 14.5 Å². The zero-order valence-corrected chi connectivity index (χ0v) is 11.0. The molecule has 0 amide bonds. The van der Waals surface area contributed by atoms with E-state index >= 15 is 0 Å². The minimum atomic E-state index is 0.326. The summed E-state index contributed by atoms with van der Waals surface area (Å²) in [6, 6.07) is 14.6. The third-order valence-electron chi connectivity index (χ3n) is 3.71. The van der Waals surface area contributed by atoms with E-state index in [-0.39, 0.29) is 0 Å². The topological polar surface area (TPSA) is 30.7 Å². The Morgan fingerprint density at radius 2 is 1.89 bits per heavy atom. The lowest BCUT2D eigenvalue weighted by atomic mass is 10.0. The number of aromatic nitrogens is 3. The Morgan fingerprint density at radius 3 is 2.74 bits per heavy atom. The molecule has 3 heterocycles. The summed E-state index contributed by atoms with van der Waals surface area (Å²) < 4.78 is 2.23. The quantitative estimate of drug-likeness (QED) is 0.632. The van der Waals surface area contributed by atoms with Gasteiger partial charge >= 0.3 is 0 Å². The number of imidazole rings is 1. The van der Waals surface area contributed by atoms with Crippen molar-refractivity contribution in [2.24, 2.45) is 0 Å². The number of halogens is 1. The Balaban J connectivity index is 1.94. The summed E-state index contributed by atoms with van der Waals surface area (Å²) in [4.78, 5) is 9.10. The molecule has 0 aliphatic carbocycles. The van der Waals surface area contributed by atoms with Crippen LogP contribution in [0.4, 0.5) is 0 Å². The molecule has 1 aliphatic heterocycles. The molecule has 1 atom stereocenters. The highest BCUT2D eigenvalue weighted by atomic mass is 35.5. The highest BCUT2D eigenvalue weighted by molar-refractivity contribution is 6.29. The summed E-state index contributed by atoms with van der Waals surface area (Å²) >= 11 is 6.02. The predicted molar refractivity (Wildman–Crippen MR) is 75.4 cm³/mol. The van der Waals surface area contributed by atoms with Crippen LogP contribution in [0, 0.1) is 0 Å². The van der Waals surface area contributed by atoms with Gasteiger partial charge in [-0.3, -0.25) is 0 Å². The van der Waals surface area contributed by atoms with Crippen LogP contribution in [-0.2, 0) is 6.42 Å². The molecule has 3 aromatic rings. The van der Waals surface area contributed by atoms with E-state index in [0.29, 0.717) is 11.2 Å². The fraction of sp³-hybridized carbons (Fsp3) is 0.200. The van der Waals surface area contributed by atoms with Crippen LogP contribution in [-0.4, -0.2) is 14.5 Å². The molecule has 0 bridgehead atoms. The lowest BCUT2D eigenvalue weighted by Gasteiger charge is -2.14. The molecule has 0 fully saturated rings. The SMILES string of the molecule is Clc1ccc2nc3n(c2n1)[C@@H](c1ccccc1)CC3. The molecule has 1 aliphatic rings. The van der Waals surface area contributed by atoms with Crippen LogP contribution < -0.4 is 0 Å². The second-order valence-electron chi connectivity index (χ2n) is 4.84. The van der Waals surface area contributed by atoms with Crippen LogP contribution in [0.3, 0.4) is 0 Å². The Hall–Kier alpha value is -1.87. The highest BCUT2D eigenvalue weighted by Gasteiger charge is 2.27. The van der Waals surface area contributed by atoms with Crippen molar-refractivity contribution in [3.05, 3.63) is 59.0 Å². The molecule has 19 heavy (non-hydrogen) atoms. The van der Waals surface area contributed by atoms with Crippen molar-refractivity contribution < 1.29 is 0 Å². The minimum Gasteiger partial charge on any atom is -0.305 e. The van der Waals surface area contributed by atoms with E-state index < -0.39 is 0 Å². The van der Waals surface area contributed by atoms with Gasteiger partial charge in [-0.25, -0.2) is 9.97 Å². The van der Waals surface area contributed by atoms with Gasteiger partial charge < -0.3 is 4.57 Å². The molecule has 4 heteroatoms. The molecule has 0 saturated heterocycles. The second kappa shape index (κ2) is 4.07. The van der Waals surface area contributed by atoms with E-state index in [0.717, 1.165) is 29.8 Å². The maximum Gasteiger partial charge on any atom is 0.162 e. The first-order valence-corrected chi connectivity index (χ1v) is 6.79. The summed E-state index contributed by atoms with van der Waals surface area (Å²) in [6.45, 7) is 0. The van der Waals surface area contributed by atoms with Gasteiger partial charge in [0.15, 0.2) is 5.65 Å². The van der Waals surface area contributed by atoms with Crippen LogP contribution in [0.1, 0.15) is 23.9 Å². The number of hydrogen-bond donors (Lipinski definition) is 0. The number of rotatable bonds is 1. The molecule has 0 spiro atoms. The maximum absolute atomic E-state index is 6.02. The van der Waals surface area contributed by atoms with Crippen LogP contribution in [0.15, 0.2) is 42.5 Å². The van der Waals surface area contributed by atoms with Crippen LogP contribution in [0.2, 0.25) is 5.15 Å². The van der Waals surface area contributed by atoms with Gasteiger partial charge in [0.2, 0.25) is 0 Å². The van der Waals surface area contributed by atoms with Crippen molar-refractivity contribution in [3.8, 4) is 0 Å². The summed E-state index contributed by atoms with van der Waals surface area (Å²) in [5, 5.41) is 0.522. The molecular formula is C15H12ClN3. The zero-order valence-electron chi connectivity index (χ0n) is 10.3. The van der Waals surface area contributed by atoms with E-state index in [1.807, 2.05) is 12.1 Å². The van der Waals surface area contributed by atoms with Crippen LogP contribution >= 0.6 is 11.6 Å². The number of pyridine rings is 1. The average molecular weight is 270 g/mol. The first-order valence-electron chi connectivity index (χ1n) is 6.41. The number of nitrogens with zero attached hydrogens (tertiary/aromatic N) is 3. The van der Waals surface area contributed by atoms with Crippen molar-refractivity contribution in [2.45, 2.75) is 18.9 Å². The van der Waals surface area contributed by atoms with E-state index in [4.69, 9.17) is 11.6 Å². The maximum atomic E-state index is 6.02. The van der Waals surface area contributed by atoms with E-state index in [1.54, 1.807) is 6.07 Å². The van der Waals surface area contributed by atoms with Crippen molar-refractivity contribution >= 4 is 22.8 Å². The lowest BCUT2D eigenvalue weighted by molar-refractivity contribution is 0.633. The van der Waals surface area contributed by atoms with Gasteiger partial charge in [-0.05, 0) is 24.1 Å². The Kier molecular flexibility index (Phi) is 2.35. The number of benzene rings is 1. The Morgan fingerprint density at radius 1 is 1.05 bits per heavy atom. The molecule has 3 nitrogen and oxygen atoms in total. The number of fused-ring (bicyclic) bond motifs is 3. The number of aryl methyl sites for hydroxylation is 1. The average Bonchev–Trinajstić information content (AvgIpc) is 2.99. The molecule has 0 unspecified atom stereocenters. The third-order valence-corrected chi connectivity index (χ3v) is 3.92. The molecule has 0 saturated carbocycles. The first-order chi connectivity index (χ1) is 9.33. The first kappa shape index (κ1) is 11.0. The molecule has 0 radical (unpaired) electrons. The largest absolute Gasteiger partial charge is 0.305 e. The fourth-order valence-electron chi connectivity index (χ4n) is 2.89.